The Morgan fingerprint density at radius 1 is 1.10 bits per heavy atom. The lowest BCUT2D eigenvalue weighted by Crippen LogP contribution is -2.38. The summed E-state index contributed by atoms with van der Waals surface area (Å²) in [5.74, 6) is 0.313. The molecular weight excluding hydrogens is 442 g/mol. The molecule has 160 valence electrons. The topological polar surface area (TPSA) is 60.2 Å². The minimum Gasteiger partial charge on any atom is -0.457 e. The third-order valence-corrected chi connectivity index (χ3v) is 5.64. The largest absolute Gasteiger partial charge is 0.457 e. The minimum absolute atomic E-state index is 0.0192. The number of alkyl halides is 4. The number of hydrogen-bond donors (Lipinski definition) is 1. The molecule has 0 aliphatic heterocycles. The van der Waals surface area contributed by atoms with Crippen LogP contribution < -0.4 is 4.74 Å². The fourth-order valence-corrected chi connectivity index (χ4v) is 3.44. The molecule has 10 heteroatoms. The maximum absolute atomic E-state index is 13.9. The molecule has 30 heavy (non-hydrogen) atoms. The van der Waals surface area contributed by atoms with Crippen LogP contribution in [0, 0.1) is 0 Å². The van der Waals surface area contributed by atoms with Gasteiger partial charge in [-0.3, -0.25) is 4.68 Å². The van der Waals surface area contributed by atoms with Gasteiger partial charge >= 0.3 is 6.18 Å². The number of nitrogens with zero attached hydrogens (tertiary/aromatic N) is 3. The van der Waals surface area contributed by atoms with Gasteiger partial charge in [0.25, 0.3) is 0 Å². The zero-order chi connectivity index (χ0) is 21.9. The molecule has 3 aromatic rings. The van der Waals surface area contributed by atoms with Crippen LogP contribution in [0.15, 0.2) is 55.1 Å². The Bertz CT molecular complexity index is 982. The molecule has 0 fully saturated rings. The van der Waals surface area contributed by atoms with Crippen LogP contribution in [-0.4, -0.2) is 26.0 Å². The fraction of sp³-hybridized carbons (Fsp3) is 0.300. The van der Waals surface area contributed by atoms with Crippen molar-refractivity contribution in [1.82, 2.24) is 14.8 Å². The van der Waals surface area contributed by atoms with Gasteiger partial charge in [0.15, 0.2) is 0 Å². The first kappa shape index (κ1) is 22.4. The maximum atomic E-state index is 13.9. The molecule has 2 atom stereocenters. The molecule has 0 saturated carbocycles. The number of benzene rings is 2. The number of aliphatic hydroxyl groups is 1. The van der Waals surface area contributed by atoms with E-state index < -0.39 is 22.7 Å². The van der Waals surface area contributed by atoms with E-state index in [2.05, 4.69) is 10.1 Å². The van der Waals surface area contributed by atoms with Crippen LogP contribution in [0.2, 0.25) is 5.02 Å². The van der Waals surface area contributed by atoms with Gasteiger partial charge in [-0.05, 0) is 48.4 Å². The molecule has 5 nitrogen and oxygen atoms in total. The predicted molar refractivity (Wildman–Crippen MR) is 107 cm³/mol. The van der Waals surface area contributed by atoms with Crippen LogP contribution in [0.4, 0.5) is 13.2 Å². The first-order chi connectivity index (χ1) is 14.1. The quantitative estimate of drug-likeness (QED) is 0.463. The van der Waals surface area contributed by atoms with E-state index in [-0.39, 0.29) is 24.3 Å². The Kier molecular flexibility index (Phi) is 6.59. The van der Waals surface area contributed by atoms with Crippen molar-refractivity contribution < 1.29 is 23.0 Å². The van der Waals surface area contributed by atoms with Crippen molar-refractivity contribution in [3.05, 3.63) is 71.3 Å². The summed E-state index contributed by atoms with van der Waals surface area (Å²) in [5, 5.41) is 15.0. The average Bonchev–Trinajstić information content (AvgIpc) is 3.21. The number of halogens is 5. The van der Waals surface area contributed by atoms with Crippen LogP contribution in [-0.2, 0) is 17.6 Å². The van der Waals surface area contributed by atoms with E-state index in [1.54, 1.807) is 31.2 Å². The van der Waals surface area contributed by atoms with Gasteiger partial charge in [-0.25, -0.2) is 4.98 Å². The predicted octanol–water partition coefficient (Wildman–Crippen LogP) is 5.65. The summed E-state index contributed by atoms with van der Waals surface area (Å²) in [6.45, 7) is 1.49. The van der Waals surface area contributed by atoms with E-state index in [4.69, 9.17) is 27.9 Å². The zero-order valence-electron chi connectivity index (χ0n) is 15.8. The lowest BCUT2D eigenvalue weighted by Gasteiger charge is -2.33. The lowest BCUT2D eigenvalue weighted by atomic mass is 9.86. The molecule has 0 aliphatic carbocycles. The smallest absolute Gasteiger partial charge is 0.416 e. The average molecular weight is 460 g/mol. The van der Waals surface area contributed by atoms with Gasteiger partial charge in [0.05, 0.1) is 23.1 Å². The first-order valence-electron chi connectivity index (χ1n) is 8.98. The lowest BCUT2D eigenvalue weighted by molar-refractivity contribution is -0.139. The Morgan fingerprint density at radius 2 is 1.77 bits per heavy atom. The molecule has 0 aliphatic rings. The van der Waals surface area contributed by atoms with Crippen molar-refractivity contribution in [2.24, 2.45) is 0 Å². The van der Waals surface area contributed by atoms with Crippen molar-refractivity contribution >= 4 is 23.2 Å². The number of aliphatic hydroxyl groups excluding tert-OH is 1. The Balaban J connectivity index is 1.98. The third-order valence-electron chi connectivity index (χ3n) is 4.66. The molecule has 1 heterocycles. The Hall–Kier alpha value is -2.29. The van der Waals surface area contributed by atoms with Crippen molar-refractivity contribution in [2.45, 2.75) is 37.0 Å². The van der Waals surface area contributed by atoms with Gasteiger partial charge in [-0.1, -0.05) is 24.6 Å². The number of aromatic nitrogens is 3. The second kappa shape index (κ2) is 8.83. The summed E-state index contributed by atoms with van der Waals surface area (Å²) in [4.78, 5) is 2.06. The molecule has 1 N–H and O–H groups in total. The summed E-state index contributed by atoms with van der Waals surface area (Å²) >= 11 is 12.4. The van der Waals surface area contributed by atoms with Crippen LogP contribution in [0.5, 0.6) is 11.5 Å². The normalized spacial score (nSPS) is 14.9. The molecule has 2 aromatic carbocycles. The van der Waals surface area contributed by atoms with Crippen LogP contribution in [0.25, 0.3) is 0 Å². The van der Waals surface area contributed by atoms with E-state index in [9.17, 15) is 18.3 Å². The fourth-order valence-electron chi connectivity index (χ4n) is 3.08. The monoisotopic (exact) mass is 459 g/mol. The summed E-state index contributed by atoms with van der Waals surface area (Å²) in [6.07, 6.45) is -3.40. The van der Waals surface area contributed by atoms with Crippen molar-refractivity contribution in [3.63, 3.8) is 0 Å². The van der Waals surface area contributed by atoms with Gasteiger partial charge in [0, 0.05) is 5.02 Å². The second-order valence-corrected chi connectivity index (χ2v) is 7.72. The van der Waals surface area contributed by atoms with Gasteiger partial charge in [0.1, 0.15) is 24.2 Å². The zero-order valence-corrected chi connectivity index (χ0v) is 17.3. The van der Waals surface area contributed by atoms with E-state index in [0.29, 0.717) is 10.8 Å². The van der Waals surface area contributed by atoms with Crippen LogP contribution >= 0.6 is 23.2 Å². The van der Waals surface area contributed by atoms with Crippen molar-refractivity contribution in [2.75, 3.05) is 0 Å². The molecule has 3 rings (SSSR count). The van der Waals surface area contributed by atoms with E-state index >= 15 is 0 Å². The van der Waals surface area contributed by atoms with E-state index in [0.717, 1.165) is 6.07 Å². The molecule has 0 spiro atoms. The van der Waals surface area contributed by atoms with Crippen LogP contribution in [0.1, 0.15) is 24.5 Å². The molecule has 1 aromatic heterocycles. The molecule has 0 amide bonds. The highest BCUT2D eigenvalue weighted by Crippen LogP contribution is 2.45. The summed E-state index contributed by atoms with van der Waals surface area (Å²) in [7, 11) is 0. The SMILES string of the molecule is CCC(Cl)(c1ccc(Oc2ccc(Cl)cc2)cc1C(F)(F)F)C(O)Cn1cncn1. The van der Waals surface area contributed by atoms with Gasteiger partial charge in [-0.2, -0.15) is 18.3 Å². The van der Waals surface area contributed by atoms with Crippen molar-refractivity contribution in [1.29, 1.82) is 0 Å². The standard InChI is InChI=1S/C20H18Cl2F3N3O2/c1-2-19(22,18(29)10-28-12-26-11-27-28)16-8-7-15(9-17(16)20(23,24)25)30-14-5-3-13(21)4-6-14/h3-9,11-12,18,29H,2,10H2,1H3. The van der Waals surface area contributed by atoms with E-state index in [1.165, 1.54) is 29.5 Å². The molecule has 2 unspecified atom stereocenters. The highest BCUT2D eigenvalue weighted by Gasteiger charge is 2.44. The minimum atomic E-state index is -4.71. The summed E-state index contributed by atoms with van der Waals surface area (Å²) < 4.78 is 48.5. The second-order valence-electron chi connectivity index (χ2n) is 6.61. The van der Waals surface area contributed by atoms with E-state index in [1.807, 2.05) is 0 Å². The highest BCUT2D eigenvalue weighted by atomic mass is 35.5. The van der Waals surface area contributed by atoms with Crippen LogP contribution in [0.3, 0.4) is 0 Å². The summed E-state index contributed by atoms with van der Waals surface area (Å²) in [5.41, 5.74) is -1.22. The molecule has 0 radical (unpaired) electrons. The van der Waals surface area contributed by atoms with Gasteiger partial charge in [0.2, 0.25) is 0 Å². The van der Waals surface area contributed by atoms with Gasteiger partial charge in [-0.15, -0.1) is 11.6 Å². The Morgan fingerprint density at radius 3 is 2.33 bits per heavy atom. The Labute approximate surface area is 181 Å². The number of ether oxygens (including phenoxy) is 1. The molecule has 0 saturated heterocycles. The number of hydrogen-bond acceptors (Lipinski definition) is 4. The van der Waals surface area contributed by atoms with Gasteiger partial charge < -0.3 is 9.84 Å². The number of rotatable bonds is 7. The third kappa shape index (κ3) is 4.88. The molecular formula is C20H18Cl2F3N3O2. The summed E-state index contributed by atoms with van der Waals surface area (Å²) in [6, 6.07) is 9.71. The van der Waals surface area contributed by atoms with Crippen molar-refractivity contribution in [3.8, 4) is 11.5 Å². The highest BCUT2D eigenvalue weighted by molar-refractivity contribution is 6.30. The maximum Gasteiger partial charge on any atom is 0.416 e. The first-order valence-corrected chi connectivity index (χ1v) is 9.73. The molecule has 0 bridgehead atoms.